The third kappa shape index (κ3) is 5.09. The quantitative estimate of drug-likeness (QED) is 0.178. The molecule has 13 nitrogen and oxygen atoms in total. The van der Waals surface area contributed by atoms with Crippen LogP contribution in [0, 0.1) is 0 Å². The summed E-state index contributed by atoms with van der Waals surface area (Å²) in [6.45, 7) is -0.526. The molecule has 2 aliphatic heterocycles. The van der Waals surface area contributed by atoms with Gasteiger partial charge < -0.3 is 48.9 Å². The number of para-hydroxylation sites is 2. The molecule has 5 N–H and O–H groups in total. The maximum Gasteiger partial charge on any atom is 0.513 e. The summed E-state index contributed by atoms with van der Waals surface area (Å²) in [5.41, 5.74) is 0.726. The number of methoxy groups -OCH3 is 2. The molecule has 13 heteroatoms. The molecule has 0 saturated carbocycles. The van der Waals surface area contributed by atoms with E-state index in [1.165, 1.54) is 14.2 Å². The molecule has 1 aromatic rings. The van der Waals surface area contributed by atoms with Gasteiger partial charge in [-0.2, -0.15) is 0 Å². The Hall–Kier alpha value is -3.33. The average molecular weight is 481 g/mol. The van der Waals surface area contributed by atoms with E-state index >= 15 is 0 Å². The summed E-state index contributed by atoms with van der Waals surface area (Å²) < 4.78 is 24.7. The first kappa shape index (κ1) is 25.3. The van der Waals surface area contributed by atoms with Crippen LogP contribution in [0.2, 0.25) is 0 Å². The van der Waals surface area contributed by atoms with Crippen LogP contribution in [0.5, 0.6) is 11.5 Å². The fourth-order valence-electron chi connectivity index (χ4n) is 3.14. The lowest BCUT2D eigenvalue weighted by Gasteiger charge is -2.37. The lowest BCUT2D eigenvalue weighted by Crippen LogP contribution is -2.58. The number of fused-ring (bicyclic) bond motifs is 2. The summed E-state index contributed by atoms with van der Waals surface area (Å²) in [4.78, 5) is 27.7. The first-order valence-corrected chi connectivity index (χ1v) is 9.86. The summed E-state index contributed by atoms with van der Waals surface area (Å²) >= 11 is 0. The van der Waals surface area contributed by atoms with Gasteiger partial charge >= 0.3 is 6.16 Å². The van der Waals surface area contributed by atoms with Gasteiger partial charge in [0, 0.05) is 6.07 Å². The zero-order valence-corrected chi connectivity index (χ0v) is 18.0. The molecule has 184 valence electrons. The Morgan fingerprint density at radius 2 is 1.79 bits per heavy atom. The Kier molecular flexibility index (Phi) is 7.98. The van der Waals surface area contributed by atoms with Crippen LogP contribution >= 0.6 is 0 Å². The molecule has 0 radical (unpaired) electrons. The molecule has 0 unspecified atom stereocenters. The molecular formula is C21H23NO12. The summed E-state index contributed by atoms with van der Waals surface area (Å²) in [7, 11) is 2.51. The fourth-order valence-corrected chi connectivity index (χ4v) is 3.14. The maximum absolute atomic E-state index is 12.0. The van der Waals surface area contributed by atoms with Crippen molar-refractivity contribution < 1.29 is 53.7 Å². The number of aliphatic hydroxyl groups excluding tert-OH is 5. The van der Waals surface area contributed by atoms with Gasteiger partial charge in [-0.1, -0.05) is 12.1 Å². The Morgan fingerprint density at radius 1 is 1.09 bits per heavy atom. The van der Waals surface area contributed by atoms with E-state index in [0.29, 0.717) is 11.1 Å². The number of aliphatic hydroxyl groups is 5. The molecule has 2 heterocycles. The fraction of sp³-hybridized carbons (Fsp3) is 0.381. The molecule has 1 aromatic carbocycles. The topological polar surface area (TPSA) is 198 Å². The van der Waals surface area contributed by atoms with Crippen molar-refractivity contribution in [3.8, 4) is 23.0 Å². The molecule has 1 aliphatic carbocycles. The first-order valence-electron chi connectivity index (χ1n) is 9.86. The van der Waals surface area contributed by atoms with Gasteiger partial charge in [-0.15, -0.1) is 0 Å². The van der Waals surface area contributed by atoms with Crippen LogP contribution in [-0.4, -0.2) is 88.2 Å². The van der Waals surface area contributed by atoms with Crippen molar-refractivity contribution in [3.05, 3.63) is 40.6 Å². The molecule has 0 amide bonds. The summed E-state index contributed by atoms with van der Waals surface area (Å²) in [6.07, 6.45) is -8.00. The summed E-state index contributed by atoms with van der Waals surface area (Å²) in [5.74, 6) is 0.0419. The highest BCUT2D eigenvalue weighted by Crippen LogP contribution is 2.37. The van der Waals surface area contributed by atoms with Crippen LogP contribution in [0.15, 0.2) is 39.5 Å². The highest BCUT2D eigenvalue weighted by atomic mass is 16.7. The average Bonchev–Trinajstić information content (AvgIpc) is 2.84. The maximum atomic E-state index is 12.0. The second-order valence-electron chi connectivity index (χ2n) is 7.04. The molecular weight excluding hydrogens is 458 g/mol. The smallest absolute Gasteiger partial charge is 0.490 e. The summed E-state index contributed by atoms with van der Waals surface area (Å²) in [5, 5.41) is 44.7. The van der Waals surface area contributed by atoms with Gasteiger partial charge in [0.2, 0.25) is 16.9 Å². The molecule has 3 aliphatic rings. The minimum atomic E-state index is -1.57. The number of carbonyl (C=O) groups is 1. The Bertz CT molecular complexity index is 1160. The van der Waals surface area contributed by atoms with E-state index in [4.69, 9.17) is 39.4 Å². The predicted octanol–water partition coefficient (Wildman–Crippen LogP) is -0.775. The number of hydrogen-bond acceptors (Lipinski definition) is 13. The van der Waals surface area contributed by atoms with E-state index < -0.39 is 48.9 Å². The Labute approximate surface area is 191 Å². The van der Waals surface area contributed by atoms with Gasteiger partial charge in [0.05, 0.1) is 20.8 Å². The lowest BCUT2D eigenvalue weighted by atomic mass is 10.00. The molecule has 1 saturated heterocycles. The van der Waals surface area contributed by atoms with Crippen LogP contribution in [0.25, 0.3) is 22.6 Å². The van der Waals surface area contributed by atoms with Crippen LogP contribution < -0.4 is 14.9 Å². The highest BCUT2D eigenvalue weighted by molar-refractivity contribution is 5.81. The van der Waals surface area contributed by atoms with E-state index in [1.807, 2.05) is 0 Å². The zero-order valence-electron chi connectivity index (χ0n) is 18.0. The van der Waals surface area contributed by atoms with Gasteiger partial charge in [-0.25, -0.2) is 9.78 Å². The van der Waals surface area contributed by atoms with E-state index in [2.05, 4.69) is 14.5 Å². The van der Waals surface area contributed by atoms with E-state index in [0.717, 1.165) is 6.07 Å². The molecule has 0 spiro atoms. The second kappa shape index (κ2) is 10.7. The van der Waals surface area contributed by atoms with E-state index in [-0.39, 0.29) is 23.0 Å². The molecule has 34 heavy (non-hydrogen) atoms. The standard InChI is InChI=1S/C15H11NO6.C6H12O6/c1-19-13-9(17)7-11(22-15(18)20-2)12-14(13)21-10-6-4-3-5-8(10)16-12;7-1-2-3(8)4(9)5(10)6(11)12-2/h3-7H,1-2H3;2-11H,1H2/t;2-,3+,4+,5-,6-/m.1/s1. The van der Waals surface area contributed by atoms with Crippen LogP contribution in [-0.2, 0) is 9.47 Å². The lowest BCUT2D eigenvalue weighted by molar-refractivity contribution is -0.286. The van der Waals surface area contributed by atoms with Crippen molar-refractivity contribution in [2.45, 2.75) is 30.7 Å². The molecule has 4 rings (SSSR count). The van der Waals surface area contributed by atoms with Crippen LogP contribution in [0.4, 0.5) is 4.79 Å². The minimum Gasteiger partial charge on any atom is -0.490 e. The molecule has 0 bridgehead atoms. The van der Waals surface area contributed by atoms with E-state index in [9.17, 15) is 9.59 Å². The number of ether oxygens (including phenoxy) is 4. The van der Waals surface area contributed by atoms with Crippen LogP contribution in [0.3, 0.4) is 0 Å². The molecule has 1 fully saturated rings. The van der Waals surface area contributed by atoms with Gasteiger partial charge in [-0.05, 0) is 12.1 Å². The molecule has 5 atom stereocenters. The number of benzene rings is 2. The minimum absolute atomic E-state index is 0.00883. The van der Waals surface area contributed by atoms with Gasteiger partial charge in [0.15, 0.2) is 23.3 Å². The number of aromatic nitrogens is 1. The first-order chi connectivity index (χ1) is 16.2. The van der Waals surface area contributed by atoms with Crippen LogP contribution in [0.1, 0.15) is 0 Å². The number of rotatable bonds is 3. The van der Waals surface area contributed by atoms with Gasteiger partial charge in [-0.3, -0.25) is 4.79 Å². The monoisotopic (exact) mass is 481 g/mol. The molecule has 0 aromatic heterocycles. The SMILES string of the molecule is COC(=O)Oc1cc(=O)c(OC)c2oc3ccccc3nc1-2.OC[C@H]1O[C@@H](O)[C@H](O)[C@@H](O)[C@H]1O. The zero-order chi connectivity index (χ0) is 25.0. The predicted molar refractivity (Wildman–Crippen MR) is 112 cm³/mol. The van der Waals surface area contributed by atoms with E-state index in [1.54, 1.807) is 24.3 Å². The third-order valence-electron chi connectivity index (χ3n) is 4.88. The van der Waals surface area contributed by atoms with Gasteiger partial charge in [0.1, 0.15) is 29.9 Å². The van der Waals surface area contributed by atoms with Crippen molar-refractivity contribution in [2.75, 3.05) is 20.8 Å². The summed E-state index contributed by atoms with van der Waals surface area (Å²) in [6, 6.07) is 8.11. The highest BCUT2D eigenvalue weighted by Gasteiger charge is 2.42. The number of nitrogens with zero attached hydrogens (tertiary/aromatic N) is 1. The third-order valence-corrected chi connectivity index (χ3v) is 4.88. The number of carbonyl (C=O) groups excluding carboxylic acids is 1. The Morgan fingerprint density at radius 3 is 2.44 bits per heavy atom. The van der Waals surface area contributed by atoms with Crippen molar-refractivity contribution in [2.24, 2.45) is 0 Å². The number of hydrogen-bond donors (Lipinski definition) is 5. The normalized spacial score (nSPS) is 24.3. The van der Waals surface area contributed by atoms with Crippen molar-refractivity contribution >= 4 is 17.3 Å². The van der Waals surface area contributed by atoms with Crippen molar-refractivity contribution in [1.82, 2.24) is 4.98 Å². The second-order valence-corrected chi connectivity index (χ2v) is 7.04. The Balaban J connectivity index is 0.000000229. The van der Waals surface area contributed by atoms with Crippen molar-refractivity contribution in [1.29, 1.82) is 0 Å². The van der Waals surface area contributed by atoms with Crippen molar-refractivity contribution in [3.63, 3.8) is 0 Å². The van der Waals surface area contributed by atoms with Gasteiger partial charge in [0.25, 0.3) is 0 Å². The largest absolute Gasteiger partial charge is 0.513 e.